The van der Waals surface area contributed by atoms with E-state index in [9.17, 15) is 17.2 Å². The van der Waals surface area contributed by atoms with Crippen LogP contribution < -0.4 is 0 Å². The smallest absolute Gasteiger partial charge is 0.297 e. The highest BCUT2D eigenvalue weighted by Gasteiger charge is 2.27. The third-order valence-corrected chi connectivity index (χ3v) is 5.29. The van der Waals surface area contributed by atoms with E-state index >= 15 is 0 Å². The van der Waals surface area contributed by atoms with Crippen LogP contribution in [0.2, 0.25) is 0 Å². The van der Waals surface area contributed by atoms with Crippen molar-refractivity contribution < 1.29 is 17.2 Å². The molecule has 21 heavy (non-hydrogen) atoms. The maximum Gasteiger partial charge on any atom is 0.297 e. The van der Waals surface area contributed by atoms with E-state index in [0.29, 0.717) is 5.69 Å². The van der Waals surface area contributed by atoms with Gasteiger partial charge in [0.2, 0.25) is 20.8 Å². The van der Waals surface area contributed by atoms with Crippen molar-refractivity contribution >= 4 is 21.2 Å². The van der Waals surface area contributed by atoms with Crippen LogP contribution in [0.25, 0.3) is 0 Å². The van der Waals surface area contributed by atoms with Crippen molar-refractivity contribution in [2.45, 2.75) is 37.1 Å². The van der Waals surface area contributed by atoms with Crippen LogP contribution in [0.5, 0.6) is 0 Å². The summed E-state index contributed by atoms with van der Waals surface area (Å²) in [6.07, 6.45) is -1.17. The quantitative estimate of drug-likeness (QED) is 0.807. The van der Waals surface area contributed by atoms with E-state index in [2.05, 4.69) is 15.2 Å². The lowest BCUT2D eigenvalue weighted by Crippen LogP contribution is -2.12. The molecule has 6 nitrogen and oxygen atoms in total. The van der Waals surface area contributed by atoms with Crippen molar-refractivity contribution in [2.24, 2.45) is 7.05 Å². The Hall–Kier alpha value is -1.42. The maximum absolute atomic E-state index is 12.6. The summed E-state index contributed by atoms with van der Waals surface area (Å²) in [5.74, 6) is -1.04. The summed E-state index contributed by atoms with van der Waals surface area (Å²) in [6, 6.07) is 0. The number of aromatic nitrogens is 4. The second-order valence-electron chi connectivity index (χ2n) is 4.44. The number of aryl methyl sites for hydroxylation is 1. The molecule has 0 bridgehead atoms. The minimum Gasteiger partial charge on any atom is -0.300 e. The van der Waals surface area contributed by atoms with E-state index in [0.717, 1.165) is 22.4 Å². The first-order valence-electron chi connectivity index (χ1n) is 6.18. The van der Waals surface area contributed by atoms with Crippen LogP contribution in [0.15, 0.2) is 10.5 Å². The van der Waals surface area contributed by atoms with Crippen molar-refractivity contribution in [3.8, 4) is 0 Å². The Kier molecular flexibility index (Phi) is 4.67. The van der Waals surface area contributed by atoms with E-state index in [1.165, 1.54) is 18.4 Å². The Labute approximate surface area is 124 Å². The molecule has 10 heteroatoms. The number of hydrogen-bond acceptors (Lipinski definition) is 6. The van der Waals surface area contributed by atoms with E-state index in [1.807, 2.05) is 6.92 Å². The summed E-state index contributed by atoms with van der Waals surface area (Å²) in [6.45, 7) is 2.00. The Morgan fingerprint density at radius 3 is 2.67 bits per heavy atom. The topological polar surface area (TPSA) is 77.7 Å². The zero-order valence-corrected chi connectivity index (χ0v) is 13.1. The minimum absolute atomic E-state index is 0.373. The molecule has 0 unspecified atom stereocenters. The van der Waals surface area contributed by atoms with Crippen LogP contribution in [0.1, 0.15) is 36.3 Å². The summed E-state index contributed by atoms with van der Waals surface area (Å²) in [4.78, 5) is 4.22. The summed E-state index contributed by atoms with van der Waals surface area (Å²) >= 11 is 1.39. The lowest BCUT2D eigenvalue weighted by molar-refractivity contribution is 0.135. The van der Waals surface area contributed by atoms with Crippen molar-refractivity contribution in [1.82, 2.24) is 19.7 Å². The first kappa shape index (κ1) is 16.0. The average Bonchev–Trinajstić information content (AvgIpc) is 2.96. The molecule has 2 heterocycles. The normalized spacial score (nSPS) is 12.2. The summed E-state index contributed by atoms with van der Waals surface area (Å²) in [7, 11) is -2.65. The van der Waals surface area contributed by atoms with Gasteiger partial charge < -0.3 is 4.57 Å². The first-order valence-corrected chi connectivity index (χ1v) is 8.71. The Bertz CT molecular complexity index is 724. The number of hydrogen-bond donors (Lipinski definition) is 0. The van der Waals surface area contributed by atoms with Gasteiger partial charge in [0.05, 0.1) is 10.7 Å². The van der Waals surface area contributed by atoms with Crippen molar-refractivity contribution in [2.75, 3.05) is 0 Å². The van der Waals surface area contributed by atoms with Crippen molar-refractivity contribution in [3.63, 3.8) is 0 Å². The molecule has 2 rings (SSSR count). The molecule has 0 N–H and O–H groups in total. The number of halogens is 2. The highest BCUT2D eigenvalue weighted by molar-refractivity contribution is 7.90. The van der Waals surface area contributed by atoms with Gasteiger partial charge in [0.15, 0.2) is 0 Å². The molecular weight excluding hydrogens is 322 g/mol. The highest BCUT2D eigenvalue weighted by Crippen LogP contribution is 2.21. The minimum atomic E-state index is -3.86. The molecule has 0 aliphatic carbocycles. The predicted molar refractivity (Wildman–Crippen MR) is 73.0 cm³/mol. The average molecular weight is 336 g/mol. The van der Waals surface area contributed by atoms with Crippen LogP contribution in [0.3, 0.4) is 0 Å². The van der Waals surface area contributed by atoms with Gasteiger partial charge in [-0.05, 0) is 12.8 Å². The van der Waals surface area contributed by atoms with E-state index in [-0.39, 0.29) is 5.75 Å². The maximum atomic E-state index is 12.6. The molecule has 116 valence electrons. The molecular formula is C11H14F2N4O2S2. The van der Waals surface area contributed by atoms with Gasteiger partial charge >= 0.3 is 0 Å². The summed E-state index contributed by atoms with van der Waals surface area (Å²) in [5.41, 5.74) is 0.394. The Balaban J connectivity index is 2.25. The van der Waals surface area contributed by atoms with Gasteiger partial charge in [-0.3, -0.25) is 0 Å². The van der Waals surface area contributed by atoms with Crippen LogP contribution in [0.4, 0.5) is 8.78 Å². The van der Waals surface area contributed by atoms with Gasteiger partial charge in [0.25, 0.3) is 6.43 Å². The van der Waals surface area contributed by atoms with E-state index < -0.39 is 27.2 Å². The van der Waals surface area contributed by atoms with Gasteiger partial charge in [-0.15, -0.1) is 21.5 Å². The lowest BCUT2D eigenvalue weighted by atomic mass is 10.3. The number of thiazole rings is 1. The molecule has 0 fully saturated rings. The molecule has 0 aliphatic rings. The molecule has 2 aromatic rings. The molecule has 0 saturated carbocycles. The fraction of sp³-hybridized carbons (Fsp3) is 0.545. The standard InChI is InChI=1S/C11H14F2N4O2S2/c1-3-4-8-14-7(5-20-8)6-21(18,19)11-16-15-10(9(12)13)17(11)2/h5,9H,3-4,6H2,1-2H3. The molecule has 0 radical (unpaired) electrons. The third kappa shape index (κ3) is 3.43. The second kappa shape index (κ2) is 6.14. The van der Waals surface area contributed by atoms with Crippen LogP contribution >= 0.6 is 11.3 Å². The molecule has 2 aromatic heterocycles. The molecule has 0 amide bonds. The molecule has 0 atom stereocenters. The first-order chi connectivity index (χ1) is 9.85. The SMILES string of the molecule is CCCc1nc(CS(=O)(=O)c2nnc(C(F)F)n2C)cs1. The Morgan fingerprint density at radius 2 is 2.10 bits per heavy atom. The fourth-order valence-corrected chi connectivity index (χ4v) is 4.14. The fourth-order valence-electron chi connectivity index (χ4n) is 1.79. The van der Waals surface area contributed by atoms with Crippen molar-refractivity contribution in [3.05, 3.63) is 21.9 Å². The van der Waals surface area contributed by atoms with Gasteiger partial charge in [-0.25, -0.2) is 22.2 Å². The highest BCUT2D eigenvalue weighted by atomic mass is 32.2. The number of alkyl halides is 2. The van der Waals surface area contributed by atoms with Crippen LogP contribution in [-0.4, -0.2) is 28.2 Å². The van der Waals surface area contributed by atoms with Gasteiger partial charge in [0.1, 0.15) is 5.75 Å². The third-order valence-electron chi connectivity index (χ3n) is 2.74. The Morgan fingerprint density at radius 1 is 1.38 bits per heavy atom. The number of nitrogens with zero attached hydrogens (tertiary/aromatic N) is 4. The second-order valence-corrected chi connectivity index (χ2v) is 7.27. The van der Waals surface area contributed by atoms with Crippen LogP contribution in [-0.2, 0) is 29.1 Å². The summed E-state index contributed by atoms with van der Waals surface area (Å²) < 4.78 is 50.5. The van der Waals surface area contributed by atoms with Gasteiger partial charge in [0, 0.05) is 12.4 Å². The van der Waals surface area contributed by atoms with E-state index in [4.69, 9.17) is 0 Å². The molecule has 0 aromatic carbocycles. The molecule has 0 aliphatic heterocycles. The zero-order valence-electron chi connectivity index (χ0n) is 11.5. The molecule has 0 saturated heterocycles. The monoisotopic (exact) mass is 336 g/mol. The predicted octanol–water partition coefficient (Wildman–Crippen LogP) is 2.14. The largest absolute Gasteiger partial charge is 0.300 e. The van der Waals surface area contributed by atoms with Crippen LogP contribution in [0, 0.1) is 0 Å². The number of rotatable bonds is 6. The lowest BCUT2D eigenvalue weighted by Gasteiger charge is -2.03. The molecule has 0 spiro atoms. The van der Waals surface area contributed by atoms with Gasteiger partial charge in [-0.2, -0.15) is 0 Å². The van der Waals surface area contributed by atoms with Crippen molar-refractivity contribution in [1.29, 1.82) is 0 Å². The number of sulfone groups is 1. The zero-order chi connectivity index (χ0) is 15.6. The summed E-state index contributed by atoms with van der Waals surface area (Å²) in [5, 5.41) is 8.64. The van der Waals surface area contributed by atoms with Gasteiger partial charge in [-0.1, -0.05) is 6.92 Å². The van der Waals surface area contributed by atoms with E-state index in [1.54, 1.807) is 5.38 Å².